The Hall–Kier alpha value is -2.45. The maximum Gasteiger partial charge on any atom is 0.159 e. The van der Waals surface area contributed by atoms with E-state index in [1.54, 1.807) is 0 Å². The van der Waals surface area contributed by atoms with Gasteiger partial charge in [-0.25, -0.2) is 4.98 Å². The summed E-state index contributed by atoms with van der Waals surface area (Å²) in [6.45, 7) is 11.3. The van der Waals surface area contributed by atoms with Crippen LogP contribution in [0.5, 0.6) is 0 Å². The second-order valence-electron chi connectivity index (χ2n) is 11.5. The fourth-order valence-corrected chi connectivity index (χ4v) is 6.85. The maximum absolute atomic E-state index is 5.43. The van der Waals surface area contributed by atoms with Gasteiger partial charge in [0, 0.05) is 55.6 Å². The SMILES string of the molecule is CCCC1(NC2COC2)CCC(Cn2nc(C)c3c2CCN(c2cc(C)nc4c2cnn4C)C3)CC1. The van der Waals surface area contributed by atoms with Crippen LogP contribution >= 0.6 is 0 Å². The first-order valence-corrected chi connectivity index (χ1v) is 13.9. The highest BCUT2D eigenvalue weighted by Gasteiger charge is 2.38. The molecule has 3 aliphatic rings. The van der Waals surface area contributed by atoms with E-state index in [1.165, 1.54) is 61.2 Å². The highest BCUT2D eigenvalue weighted by molar-refractivity contribution is 5.89. The van der Waals surface area contributed by atoms with Crippen molar-refractivity contribution in [2.24, 2.45) is 13.0 Å². The maximum atomic E-state index is 5.43. The molecule has 0 spiro atoms. The van der Waals surface area contributed by atoms with Gasteiger partial charge in [-0.05, 0) is 57.9 Å². The molecular formula is C28H41N7O. The zero-order valence-electron chi connectivity index (χ0n) is 22.4. The normalized spacial score (nSPS) is 24.8. The highest BCUT2D eigenvalue weighted by Crippen LogP contribution is 2.38. The molecule has 2 fully saturated rings. The highest BCUT2D eigenvalue weighted by atomic mass is 16.5. The quantitative estimate of drug-likeness (QED) is 0.537. The van der Waals surface area contributed by atoms with Crippen molar-refractivity contribution in [3.63, 3.8) is 0 Å². The molecule has 0 bridgehead atoms. The topological polar surface area (TPSA) is 73.0 Å². The van der Waals surface area contributed by atoms with E-state index in [-0.39, 0.29) is 0 Å². The molecule has 36 heavy (non-hydrogen) atoms. The molecule has 1 N–H and O–H groups in total. The molecule has 5 heterocycles. The van der Waals surface area contributed by atoms with Crippen LogP contribution in [0.3, 0.4) is 0 Å². The largest absolute Gasteiger partial charge is 0.378 e. The van der Waals surface area contributed by atoms with Crippen molar-refractivity contribution in [3.8, 4) is 0 Å². The predicted molar refractivity (Wildman–Crippen MR) is 142 cm³/mol. The van der Waals surface area contributed by atoms with Crippen LogP contribution in [0.25, 0.3) is 11.0 Å². The molecule has 2 aliphatic heterocycles. The number of nitrogens with one attached hydrogen (secondary N) is 1. The van der Waals surface area contributed by atoms with Crippen molar-refractivity contribution in [1.29, 1.82) is 0 Å². The molecule has 8 heteroatoms. The second kappa shape index (κ2) is 9.45. The van der Waals surface area contributed by atoms with E-state index in [9.17, 15) is 0 Å². The van der Waals surface area contributed by atoms with E-state index in [1.807, 2.05) is 17.9 Å². The van der Waals surface area contributed by atoms with Gasteiger partial charge in [-0.2, -0.15) is 10.2 Å². The third-order valence-corrected chi connectivity index (χ3v) is 8.86. The molecule has 1 aliphatic carbocycles. The Kier molecular flexibility index (Phi) is 6.28. The Balaban J connectivity index is 1.16. The summed E-state index contributed by atoms with van der Waals surface area (Å²) in [6, 6.07) is 2.78. The van der Waals surface area contributed by atoms with E-state index < -0.39 is 0 Å². The first-order chi connectivity index (χ1) is 17.4. The van der Waals surface area contributed by atoms with Crippen LogP contribution in [0, 0.1) is 19.8 Å². The molecule has 0 amide bonds. The van der Waals surface area contributed by atoms with Crippen molar-refractivity contribution in [3.05, 3.63) is 34.9 Å². The van der Waals surface area contributed by atoms with Crippen LogP contribution in [-0.2, 0) is 31.3 Å². The summed E-state index contributed by atoms with van der Waals surface area (Å²) in [5.41, 5.74) is 7.61. The lowest BCUT2D eigenvalue weighted by atomic mass is 9.73. The predicted octanol–water partition coefficient (Wildman–Crippen LogP) is 4.06. The lowest BCUT2D eigenvalue weighted by molar-refractivity contribution is -0.0275. The first kappa shape index (κ1) is 23.9. The summed E-state index contributed by atoms with van der Waals surface area (Å²) in [5, 5.41) is 14.7. The Morgan fingerprint density at radius 2 is 2.00 bits per heavy atom. The molecule has 8 nitrogen and oxygen atoms in total. The Bertz CT molecular complexity index is 1230. The monoisotopic (exact) mass is 491 g/mol. The number of aromatic nitrogens is 5. The summed E-state index contributed by atoms with van der Waals surface area (Å²) in [5.74, 6) is 0.716. The minimum atomic E-state index is 0.319. The van der Waals surface area contributed by atoms with Crippen LogP contribution < -0.4 is 10.2 Å². The van der Waals surface area contributed by atoms with Crippen molar-refractivity contribution >= 4 is 16.7 Å². The number of fused-ring (bicyclic) bond motifs is 2. The smallest absolute Gasteiger partial charge is 0.159 e. The summed E-state index contributed by atoms with van der Waals surface area (Å²) in [6.07, 6.45) is 10.6. The minimum absolute atomic E-state index is 0.319. The third-order valence-electron chi connectivity index (χ3n) is 8.86. The molecule has 0 atom stereocenters. The van der Waals surface area contributed by atoms with Gasteiger partial charge < -0.3 is 15.0 Å². The van der Waals surface area contributed by atoms with Crippen LogP contribution in [-0.4, -0.2) is 55.9 Å². The van der Waals surface area contributed by atoms with Gasteiger partial charge in [0.05, 0.1) is 42.2 Å². The fourth-order valence-electron chi connectivity index (χ4n) is 6.85. The van der Waals surface area contributed by atoms with Gasteiger partial charge in [0.15, 0.2) is 5.65 Å². The molecule has 3 aromatic rings. The van der Waals surface area contributed by atoms with Gasteiger partial charge in [-0.1, -0.05) is 13.3 Å². The Labute approximate surface area is 214 Å². The van der Waals surface area contributed by atoms with E-state index in [0.717, 1.165) is 56.0 Å². The van der Waals surface area contributed by atoms with Crippen molar-refractivity contribution < 1.29 is 4.74 Å². The van der Waals surface area contributed by atoms with Crippen LogP contribution in [0.15, 0.2) is 12.3 Å². The van der Waals surface area contributed by atoms with Crippen LogP contribution in [0.4, 0.5) is 5.69 Å². The molecule has 6 rings (SSSR count). The number of nitrogens with zero attached hydrogens (tertiary/aromatic N) is 6. The second-order valence-corrected chi connectivity index (χ2v) is 11.5. The summed E-state index contributed by atoms with van der Waals surface area (Å²) >= 11 is 0. The van der Waals surface area contributed by atoms with Crippen molar-refractivity contribution in [2.45, 2.75) is 90.4 Å². The van der Waals surface area contributed by atoms with Gasteiger partial charge >= 0.3 is 0 Å². The number of anilines is 1. The van der Waals surface area contributed by atoms with Gasteiger partial charge in [0.1, 0.15) is 0 Å². The number of pyridine rings is 1. The average Bonchev–Trinajstić information content (AvgIpc) is 3.37. The van der Waals surface area contributed by atoms with Gasteiger partial charge in [0.2, 0.25) is 0 Å². The fraction of sp³-hybridized carbons (Fsp3) is 0.679. The number of rotatable bonds is 7. The Morgan fingerprint density at radius 1 is 1.19 bits per heavy atom. The van der Waals surface area contributed by atoms with E-state index in [4.69, 9.17) is 14.8 Å². The number of ether oxygens (including phenoxy) is 1. The molecular weight excluding hydrogens is 450 g/mol. The summed E-state index contributed by atoms with van der Waals surface area (Å²) < 4.78 is 9.67. The molecule has 3 aromatic heterocycles. The number of hydrogen-bond acceptors (Lipinski definition) is 6. The lowest BCUT2D eigenvalue weighted by Gasteiger charge is -2.45. The van der Waals surface area contributed by atoms with E-state index >= 15 is 0 Å². The molecule has 1 saturated heterocycles. The average molecular weight is 492 g/mol. The van der Waals surface area contributed by atoms with Crippen LogP contribution in [0.2, 0.25) is 0 Å². The van der Waals surface area contributed by atoms with Gasteiger partial charge in [-0.15, -0.1) is 0 Å². The molecule has 194 valence electrons. The standard InChI is InChI=1S/C28H41N7O/c1-5-9-28(31-22-17-36-18-22)10-6-21(7-11-28)15-35-25-8-12-34(16-24(25)20(3)32-35)26-13-19(2)30-27-23(26)14-29-33(27)4/h13-14,21-22,31H,5-12,15-18H2,1-4H3. The summed E-state index contributed by atoms with van der Waals surface area (Å²) in [4.78, 5) is 7.21. The van der Waals surface area contributed by atoms with Crippen molar-refractivity contribution in [1.82, 2.24) is 29.9 Å². The third kappa shape index (κ3) is 4.32. The van der Waals surface area contributed by atoms with E-state index in [2.05, 4.69) is 46.8 Å². The van der Waals surface area contributed by atoms with Crippen molar-refractivity contribution in [2.75, 3.05) is 24.7 Å². The Morgan fingerprint density at radius 3 is 2.72 bits per heavy atom. The van der Waals surface area contributed by atoms with E-state index in [0.29, 0.717) is 17.5 Å². The molecule has 0 unspecified atom stereocenters. The molecule has 1 saturated carbocycles. The molecule has 0 radical (unpaired) electrons. The summed E-state index contributed by atoms with van der Waals surface area (Å²) in [7, 11) is 1.97. The van der Waals surface area contributed by atoms with Gasteiger partial charge in [0.25, 0.3) is 0 Å². The number of hydrogen-bond donors (Lipinski definition) is 1. The van der Waals surface area contributed by atoms with Gasteiger partial charge in [-0.3, -0.25) is 9.36 Å². The minimum Gasteiger partial charge on any atom is -0.378 e. The number of aryl methyl sites for hydroxylation is 3. The first-order valence-electron chi connectivity index (χ1n) is 13.9. The van der Waals surface area contributed by atoms with Crippen LogP contribution in [0.1, 0.15) is 68.1 Å². The molecule has 0 aromatic carbocycles. The zero-order chi connectivity index (χ0) is 24.9. The zero-order valence-corrected chi connectivity index (χ0v) is 22.4. The lowest BCUT2D eigenvalue weighted by Crippen LogP contribution is -2.58.